The molecule has 7 nitrogen and oxygen atoms in total. The number of urea groups is 1. The number of halogens is 1. The first-order valence-corrected chi connectivity index (χ1v) is 10.5. The SMILES string of the molecule is CCOC(=O)C1=C(CN2CCn3cccc3[C@H]2C)NC(=O)N[C@@H]1c1ccc(Cl)cc1. The van der Waals surface area contributed by atoms with E-state index in [0.717, 1.165) is 18.7 Å². The predicted octanol–water partition coefficient (Wildman–Crippen LogP) is 3.39. The van der Waals surface area contributed by atoms with E-state index in [-0.39, 0.29) is 18.7 Å². The van der Waals surface area contributed by atoms with Crippen molar-refractivity contribution >= 4 is 23.6 Å². The highest BCUT2D eigenvalue weighted by Gasteiger charge is 2.35. The number of nitrogens with zero attached hydrogens (tertiary/aromatic N) is 2. The smallest absolute Gasteiger partial charge is 0.338 e. The fourth-order valence-electron chi connectivity index (χ4n) is 4.14. The molecule has 2 atom stereocenters. The monoisotopic (exact) mass is 428 g/mol. The van der Waals surface area contributed by atoms with Gasteiger partial charge in [0.2, 0.25) is 0 Å². The van der Waals surface area contributed by atoms with Crippen molar-refractivity contribution < 1.29 is 14.3 Å². The first kappa shape index (κ1) is 20.5. The van der Waals surface area contributed by atoms with E-state index in [0.29, 0.717) is 22.8 Å². The third-order valence-electron chi connectivity index (χ3n) is 5.68. The molecule has 2 aliphatic rings. The number of carbonyl (C=O) groups excluding carboxylic acids is 2. The number of esters is 1. The minimum Gasteiger partial charge on any atom is -0.463 e. The molecule has 0 bridgehead atoms. The number of fused-ring (bicyclic) bond motifs is 1. The van der Waals surface area contributed by atoms with Crippen LogP contribution < -0.4 is 10.6 Å². The number of benzene rings is 1. The maximum absolute atomic E-state index is 12.9. The van der Waals surface area contributed by atoms with Crippen LogP contribution in [0.2, 0.25) is 5.02 Å². The zero-order valence-corrected chi connectivity index (χ0v) is 17.8. The van der Waals surface area contributed by atoms with Crippen molar-refractivity contribution in [3.8, 4) is 0 Å². The number of aromatic nitrogens is 1. The van der Waals surface area contributed by atoms with E-state index in [1.165, 1.54) is 5.69 Å². The summed E-state index contributed by atoms with van der Waals surface area (Å²) in [6, 6.07) is 10.5. The molecule has 8 heteroatoms. The molecule has 0 fully saturated rings. The lowest BCUT2D eigenvalue weighted by molar-refractivity contribution is -0.139. The summed E-state index contributed by atoms with van der Waals surface area (Å²) in [5.41, 5.74) is 2.99. The first-order valence-electron chi connectivity index (χ1n) is 10.1. The average Bonchev–Trinajstić information content (AvgIpc) is 3.20. The molecular formula is C22H25ClN4O3. The highest BCUT2D eigenvalue weighted by atomic mass is 35.5. The van der Waals surface area contributed by atoms with Crippen LogP contribution in [0.5, 0.6) is 0 Å². The molecule has 0 aliphatic carbocycles. The Morgan fingerprint density at radius 2 is 2.00 bits per heavy atom. The van der Waals surface area contributed by atoms with E-state index in [2.05, 4.69) is 39.3 Å². The molecule has 0 saturated carbocycles. The van der Waals surface area contributed by atoms with Crippen molar-refractivity contribution in [3.63, 3.8) is 0 Å². The Balaban J connectivity index is 1.70. The molecule has 158 valence electrons. The van der Waals surface area contributed by atoms with Gasteiger partial charge in [-0.2, -0.15) is 0 Å². The minimum atomic E-state index is -0.603. The lowest BCUT2D eigenvalue weighted by Gasteiger charge is -2.37. The van der Waals surface area contributed by atoms with Crippen LogP contribution in [-0.4, -0.2) is 41.2 Å². The van der Waals surface area contributed by atoms with Gasteiger partial charge in [-0.3, -0.25) is 4.90 Å². The molecule has 2 amide bonds. The molecular weight excluding hydrogens is 404 g/mol. The van der Waals surface area contributed by atoms with Crippen molar-refractivity contribution in [1.29, 1.82) is 0 Å². The van der Waals surface area contributed by atoms with Gasteiger partial charge in [-0.05, 0) is 43.7 Å². The molecule has 2 aliphatic heterocycles. The quantitative estimate of drug-likeness (QED) is 0.716. The largest absolute Gasteiger partial charge is 0.463 e. The van der Waals surface area contributed by atoms with Gasteiger partial charge in [0.1, 0.15) is 0 Å². The summed E-state index contributed by atoms with van der Waals surface area (Å²) in [4.78, 5) is 27.7. The van der Waals surface area contributed by atoms with Crippen molar-refractivity contribution in [2.75, 3.05) is 19.7 Å². The van der Waals surface area contributed by atoms with Gasteiger partial charge in [0.25, 0.3) is 0 Å². The van der Waals surface area contributed by atoms with Crippen molar-refractivity contribution in [2.24, 2.45) is 0 Å². The number of rotatable bonds is 5. The van der Waals surface area contributed by atoms with Gasteiger partial charge < -0.3 is 19.9 Å². The van der Waals surface area contributed by atoms with Crippen LogP contribution in [0, 0.1) is 0 Å². The Hall–Kier alpha value is -2.77. The molecule has 3 heterocycles. The van der Waals surface area contributed by atoms with E-state index >= 15 is 0 Å². The molecule has 1 aromatic heterocycles. The standard InChI is InChI=1S/C22H25ClN4O3/c1-3-30-21(28)19-17(13-27-12-11-26-10-4-5-18(26)14(27)2)24-22(29)25-20(19)15-6-8-16(23)9-7-15/h4-10,14,20H,3,11-13H2,1-2H3,(H2,24,25,29)/t14-,20-/m1/s1. The van der Waals surface area contributed by atoms with Crippen LogP contribution in [0.1, 0.15) is 37.2 Å². The summed E-state index contributed by atoms with van der Waals surface area (Å²) in [6.45, 7) is 6.28. The molecule has 2 aromatic rings. The zero-order valence-electron chi connectivity index (χ0n) is 17.0. The number of nitrogens with one attached hydrogen (secondary N) is 2. The van der Waals surface area contributed by atoms with Gasteiger partial charge in [0, 0.05) is 48.3 Å². The van der Waals surface area contributed by atoms with Crippen molar-refractivity contribution in [1.82, 2.24) is 20.1 Å². The van der Waals surface area contributed by atoms with E-state index in [1.807, 2.05) is 18.2 Å². The molecule has 30 heavy (non-hydrogen) atoms. The van der Waals surface area contributed by atoms with Gasteiger partial charge in [-0.1, -0.05) is 23.7 Å². The Bertz CT molecular complexity index is 983. The third kappa shape index (κ3) is 3.95. The van der Waals surface area contributed by atoms with Gasteiger partial charge in [0.05, 0.1) is 18.2 Å². The number of carbonyl (C=O) groups is 2. The van der Waals surface area contributed by atoms with Gasteiger partial charge in [-0.15, -0.1) is 0 Å². The first-order chi connectivity index (χ1) is 14.5. The Morgan fingerprint density at radius 3 is 2.73 bits per heavy atom. The summed E-state index contributed by atoms with van der Waals surface area (Å²) in [5, 5.41) is 6.30. The molecule has 4 rings (SSSR count). The van der Waals surface area contributed by atoms with E-state index < -0.39 is 12.0 Å². The number of hydrogen-bond donors (Lipinski definition) is 2. The molecule has 1 aromatic carbocycles. The summed E-state index contributed by atoms with van der Waals surface area (Å²) < 4.78 is 7.58. The highest BCUT2D eigenvalue weighted by molar-refractivity contribution is 6.30. The lowest BCUT2D eigenvalue weighted by atomic mass is 9.94. The van der Waals surface area contributed by atoms with Gasteiger partial charge in [-0.25, -0.2) is 9.59 Å². The number of ether oxygens (including phenoxy) is 1. The number of amides is 2. The molecule has 0 unspecified atom stereocenters. The van der Waals surface area contributed by atoms with E-state index in [1.54, 1.807) is 19.1 Å². The average molecular weight is 429 g/mol. The normalized spacial score (nSPS) is 21.6. The molecule has 2 N–H and O–H groups in total. The fourth-order valence-corrected chi connectivity index (χ4v) is 4.27. The maximum atomic E-state index is 12.9. The Morgan fingerprint density at radius 1 is 1.23 bits per heavy atom. The summed E-state index contributed by atoms with van der Waals surface area (Å²) in [7, 11) is 0. The highest BCUT2D eigenvalue weighted by Crippen LogP contribution is 2.31. The molecule has 0 saturated heterocycles. The Labute approximate surface area is 180 Å². The van der Waals surface area contributed by atoms with Gasteiger partial charge >= 0.3 is 12.0 Å². The molecule has 0 radical (unpaired) electrons. The van der Waals surface area contributed by atoms with E-state index in [9.17, 15) is 9.59 Å². The summed E-state index contributed by atoms with van der Waals surface area (Å²) in [6.07, 6.45) is 2.08. The minimum absolute atomic E-state index is 0.158. The van der Waals surface area contributed by atoms with Crippen LogP contribution in [0.3, 0.4) is 0 Å². The second-order valence-corrected chi connectivity index (χ2v) is 7.91. The second kappa shape index (κ2) is 8.53. The summed E-state index contributed by atoms with van der Waals surface area (Å²) in [5.74, 6) is -0.437. The fraction of sp³-hybridized carbons (Fsp3) is 0.364. The zero-order chi connectivity index (χ0) is 21.3. The van der Waals surface area contributed by atoms with Crippen molar-refractivity contribution in [2.45, 2.75) is 32.5 Å². The van der Waals surface area contributed by atoms with Crippen LogP contribution in [0.15, 0.2) is 53.9 Å². The predicted molar refractivity (Wildman–Crippen MR) is 114 cm³/mol. The second-order valence-electron chi connectivity index (χ2n) is 7.47. The van der Waals surface area contributed by atoms with Crippen LogP contribution in [0.25, 0.3) is 0 Å². The lowest BCUT2D eigenvalue weighted by Crippen LogP contribution is -2.49. The molecule has 0 spiro atoms. The summed E-state index contributed by atoms with van der Waals surface area (Å²) >= 11 is 6.02. The van der Waals surface area contributed by atoms with E-state index in [4.69, 9.17) is 16.3 Å². The maximum Gasteiger partial charge on any atom is 0.338 e. The Kier molecular flexibility index (Phi) is 5.83. The van der Waals surface area contributed by atoms with Gasteiger partial charge in [0.15, 0.2) is 0 Å². The van der Waals surface area contributed by atoms with Crippen LogP contribution >= 0.6 is 11.6 Å². The van der Waals surface area contributed by atoms with Crippen molar-refractivity contribution in [3.05, 3.63) is 70.1 Å². The van der Waals surface area contributed by atoms with Crippen LogP contribution in [0.4, 0.5) is 4.79 Å². The topological polar surface area (TPSA) is 75.6 Å². The number of hydrogen-bond acceptors (Lipinski definition) is 4. The third-order valence-corrected chi connectivity index (χ3v) is 5.93. The van der Waals surface area contributed by atoms with Crippen LogP contribution in [-0.2, 0) is 16.1 Å².